The number of nitrogens with zero attached hydrogens (tertiary/aromatic N) is 1. The van der Waals surface area contributed by atoms with Crippen molar-refractivity contribution in [2.75, 3.05) is 11.6 Å². The lowest BCUT2D eigenvalue weighted by molar-refractivity contribution is 0.102. The Hall–Kier alpha value is -2.33. The van der Waals surface area contributed by atoms with Gasteiger partial charge in [-0.05, 0) is 29.8 Å². The van der Waals surface area contributed by atoms with E-state index in [1.807, 2.05) is 48.7 Å². The van der Waals surface area contributed by atoms with Crippen LogP contribution in [-0.2, 0) is 0 Å². The van der Waals surface area contributed by atoms with Crippen LogP contribution in [0, 0.1) is 0 Å². The lowest BCUT2D eigenvalue weighted by Crippen LogP contribution is -2.13. The second-order valence-electron chi connectivity index (χ2n) is 4.54. The monoisotopic (exact) mass is 294 g/mol. The van der Waals surface area contributed by atoms with E-state index in [1.165, 1.54) is 11.8 Å². The van der Waals surface area contributed by atoms with Crippen LogP contribution in [0.1, 0.15) is 10.4 Å². The lowest BCUT2D eigenvalue weighted by atomic mass is 10.1. The first-order valence-corrected chi connectivity index (χ1v) is 7.80. The fourth-order valence-electron chi connectivity index (χ4n) is 2.25. The maximum absolute atomic E-state index is 12.5. The van der Waals surface area contributed by atoms with Crippen LogP contribution < -0.4 is 5.32 Å². The number of rotatable bonds is 3. The predicted octanol–water partition coefficient (Wildman–Crippen LogP) is 4.21. The highest BCUT2D eigenvalue weighted by atomic mass is 32.2. The molecule has 0 spiro atoms. The van der Waals surface area contributed by atoms with E-state index in [0.29, 0.717) is 5.56 Å². The first-order chi connectivity index (χ1) is 10.3. The Kier molecular flexibility index (Phi) is 3.88. The van der Waals surface area contributed by atoms with Crippen molar-refractivity contribution < 1.29 is 4.79 Å². The molecule has 1 heterocycles. The maximum atomic E-state index is 12.5. The fourth-order valence-corrected chi connectivity index (χ4v) is 2.80. The molecule has 0 unspecified atom stereocenters. The summed E-state index contributed by atoms with van der Waals surface area (Å²) in [5.41, 5.74) is 1.41. The summed E-state index contributed by atoms with van der Waals surface area (Å²) in [6.45, 7) is 0. The molecule has 0 saturated heterocycles. The van der Waals surface area contributed by atoms with Crippen LogP contribution in [0.3, 0.4) is 0 Å². The molecule has 0 bridgehead atoms. The highest BCUT2D eigenvalue weighted by Crippen LogP contribution is 2.24. The summed E-state index contributed by atoms with van der Waals surface area (Å²) in [5.74, 6) is -0.135. The number of hydrogen-bond acceptors (Lipinski definition) is 3. The van der Waals surface area contributed by atoms with E-state index in [0.717, 1.165) is 21.5 Å². The minimum Gasteiger partial charge on any atom is -0.321 e. The molecule has 0 saturated carbocycles. The van der Waals surface area contributed by atoms with Crippen LogP contribution in [0.25, 0.3) is 10.8 Å². The summed E-state index contributed by atoms with van der Waals surface area (Å²) in [7, 11) is 0. The van der Waals surface area contributed by atoms with E-state index in [-0.39, 0.29) is 5.91 Å². The van der Waals surface area contributed by atoms with Crippen molar-refractivity contribution in [3.05, 3.63) is 66.4 Å². The van der Waals surface area contributed by atoms with Gasteiger partial charge in [-0.3, -0.25) is 4.79 Å². The van der Waals surface area contributed by atoms with Crippen LogP contribution >= 0.6 is 11.8 Å². The number of fused-ring (bicyclic) bond motifs is 1. The Balaban J connectivity index is 1.97. The van der Waals surface area contributed by atoms with Crippen LogP contribution in [0.2, 0.25) is 0 Å². The molecule has 3 nitrogen and oxygen atoms in total. The van der Waals surface area contributed by atoms with Gasteiger partial charge in [-0.15, -0.1) is 11.8 Å². The van der Waals surface area contributed by atoms with Crippen molar-refractivity contribution >= 4 is 34.1 Å². The fraction of sp³-hybridized carbons (Fsp3) is 0.0588. The molecule has 0 aliphatic rings. The largest absolute Gasteiger partial charge is 0.321 e. The molecule has 3 aromatic rings. The van der Waals surface area contributed by atoms with E-state index in [1.54, 1.807) is 18.3 Å². The quantitative estimate of drug-likeness (QED) is 0.736. The molecule has 0 radical (unpaired) electrons. The Bertz CT molecular complexity index is 796. The molecule has 1 amide bonds. The highest BCUT2D eigenvalue weighted by Gasteiger charge is 2.12. The zero-order valence-electron chi connectivity index (χ0n) is 11.5. The number of carbonyl (C=O) groups is 1. The summed E-state index contributed by atoms with van der Waals surface area (Å²) in [5, 5.41) is 5.85. The Morgan fingerprint density at radius 3 is 2.71 bits per heavy atom. The van der Waals surface area contributed by atoms with E-state index in [4.69, 9.17) is 0 Å². The van der Waals surface area contributed by atoms with E-state index < -0.39 is 0 Å². The number of nitrogens with one attached hydrogen (secondary N) is 1. The molecule has 0 aliphatic carbocycles. The van der Waals surface area contributed by atoms with Crippen molar-refractivity contribution in [1.29, 1.82) is 0 Å². The Morgan fingerprint density at radius 1 is 1.05 bits per heavy atom. The first kappa shape index (κ1) is 13.6. The maximum Gasteiger partial charge on any atom is 0.258 e. The van der Waals surface area contributed by atoms with Crippen molar-refractivity contribution in [3.8, 4) is 0 Å². The van der Waals surface area contributed by atoms with Gasteiger partial charge in [-0.2, -0.15) is 0 Å². The van der Waals surface area contributed by atoms with Crippen LogP contribution in [-0.4, -0.2) is 17.1 Å². The third-order valence-electron chi connectivity index (χ3n) is 3.25. The molecular formula is C17H14N2OS. The van der Waals surface area contributed by atoms with Crippen LogP contribution in [0.5, 0.6) is 0 Å². The summed E-state index contributed by atoms with van der Waals surface area (Å²) in [6, 6.07) is 17.4. The average Bonchev–Trinajstić information content (AvgIpc) is 2.55. The summed E-state index contributed by atoms with van der Waals surface area (Å²) >= 11 is 1.47. The van der Waals surface area contributed by atoms with Gasteiger partial charge in [0.05, 0.1) is 5.56 Å². The van der Waals surface area contributed by atoms with E-state index >= 15 is 0 Å². The molecule has 0 aliphatic heterocycles. The molecule has 3 rings (SSSR count). The lowest BCUT2D eigenvalue weighted by Gasteiger charge is -2.10. The number of carbonyl (C=O) groups excluding carboxylic acids is 1. The van der Waals surface area contributed by atoms with Crippen LogP contribution in [0.15, 0.2) is 65.8 Å². The van der Waals surface area contributed by atoms with Gasteiger partial charge in [0.25, 0.3) is 5.91 Å². The van der Waals surface area contributed by atoms with Gasteiger partial charge in [0.2, 0.25) is 0 Å². The number of aromatic nitrogens is 1. The van der Waals surface area contributed by atoms with Crippen molar-refractivity contribution in [2.45, 2.75) is 5.03 Å². The number of pyridine rings is 1. The van der Waals surface area contributed by atoms with Gasteiger partial charge in [-0.1, -0.05) is 36.4 Å². The molecular weight excluding hydrogens is 280 g/mol. The SMILES string of the molecule is CSc1ncccc1C(=O)Nc1cccc2ccccc12. The number of anilines is 1. The van der Waals surface area contributed by atoms with Gasteiger partial charge < -0.3 is 5.32 Å². The highest BCUT2D eigenvalue weighted by molar-refractivity contribution is 7.98. The molecule has 0 atom stereocenters. The second-order valence-corrected chi connectivity index (χ2v) is 5.34. The molecule has 1 aromatic heterocycles. The zero-order valence-corrected chi connectivity index (χ0v) is 12.4. The number of thioether (sulfide) groups is 1. The Labute approximate surface area is 127 Å². The molecule has 104 valence electrons. The Morgan fingerprint density at radius 2 is 1.86 bits per heavy atom. The third kappa shape index (κ3) is 2.76. The number of hydrogen-bond donors (Lipinski definition) is 1. The molecule has 4 heteroatoms. The standard InChI is InChI=1S/C17H14N2OS/c1-21-17-14(9-5-11-18-17)16(20)19-15-10-4-7-12-6-2-3-8-13(12)15/h2-11H,1H3,(H,19,20). The molecule has 2 aromatic carbocycles. The smallest absolute Gasteiger partial charge is 0.258 e. The summed E-state index contributed by atoms with van der Waals surface area (Å²) < 4.78 is 0. The molecule has 1 N–H and O–H groups in total. The third-order valence-corrected chi connectivity index (χ3v) is 3.96. The number of benzene rings is 2. The first-order valence-electron chi connectivity index (χ1n) is 6.58. The van der Waals surface area contributed by atoms with E-state index in [2.05, 4.69) is 10.3 Å². The summed E-state index contributed by atoms with van der Waals surface area (Å²) in [6.07, 6.45) is 3.61. The molecule has 21 heavy (non-hydrogen) atoms. The molecule has 0 fully saturated rings. The van der Waals surface area contributed by atoms with Gasteiger partial charge in [0.15, 0.2) is 0 Å². The minimum atomic E-state index is -0.135. The van der Waals surface area contributed by atoms with Gasteiger partial charge >= 0.3 is 0 Å². The van der Waals surface area contributed by atoms with E-state index in [9.17, 15) is 4.79 Å². The zero-order chi connectivity index (χ0) is 14.7. The van der Waals surface area contributed by atoms with Gasteiger partial charge in [0.1, 0.15) is 5.03 Å². The number of amides is 1. The average molecular weight is 294 g/mol. The predicted molar refractivity (Wildman–Crippen MR) is 87.9 cm³/mol. The normalized spacial score (nSPS) is 10.5. The van der Waals surface area contributed by atoms with Gasteiger partial charge in [-0.25, -0.2) is 4.98 Å². The van der Waals surface area contributed by atoms with Crippen molar-refractivity contribution in [3.63, 3.8) is 0 Å². The topological polar surface area (TPSA) is 42.0 Å². The minimum absolute atomic E-state index is 0.135. The summed E-state index contributed by atoms with van der Waals surface area (Å²) in [4.78, 5) is 16.7. The van der Waals surface area contributed by atoms with Crippen molar-refractivity contribution in [1.82, 2.24) is 4.98 Å². The van der Waals surface area contributed by atoms with Crippen molar-refractivity contribution in [2.24, 2.45) is 0 Å². The second kappa shape index (κ2) is 5.97. The van der Waals surface area contributed by atoms with Crippen LogP contribution in [0.4, 0.5) is 5.69 Å². The van der Waals surface area contributed by atoms with Gasteiger partial charge in [0, 0.05) is 17.3 Å².